The first-order chi connectivity index (χ1) is 8.61. The smallest absolute Gasteiger partial charge is 0.336 e. The van der Waals surface area contributed by atoms with Crippen molar-refractivity contribution in [3.63, 3.8) is 0 Å². The Morgan fingerprint density at radius 1 is 1.17 bits per heavy atom. The van der Waals surface area contributed by atoms with Gasteiger partial charge in [0.2, 0.25) is 0 Å². The summed E-state index contributed by atoms with van der Waals surface area (Å²) >= 11 is 0. The van der Waals surface area contributed by atoms with Crippen LogP contribution in [-0.4, -0.2) is 18.2 Å². The Bertz CT molecular complexity index is 576. The van der Waals surface area contributed by atoms with Crippen molar-refractivity contribution in [2.24, 2.45) is 0 Å². The molecule has 2 aromatic rings. The van der Waals surface area contributed by atoms with Gasteiger partial charge in [-0.1, -0.05) is 12.1 Å². The molecule has 0 fully saturated rings. The Hall–Kier alpha value is -2.49. The van der Waals surface area contributed by atoms with E-state index in [1.165, 1.54) is 6.07 Å². The number of hydrogen-bond acceptors (Lipinski definition) is 3. The summed E-state index contributed by atoms with van der Waals surface area (Å²) in [7, 11) is 1.58. The van der Waals surface area contributed by atoms with Gasteiger partial charge in [-0.3, -0.25) is 0 Å². The third-order valence-electron chi connectivity index (χ3n) is 2.68. The number of rotatable bonds is 3. The molecule has 0 atom stereocenters. The van der Waals surface area contributed by atoms with Gasteiger partial charge in [-0.25, -0.2) is 4.79 Å². The summed E-state index contributed by atoms with van der Waals surface area (Å²) in [5.74, 6) is -0.250. The molecule has 2 aromatic carbocycles. The Kier molecular flexibility index (Phi) is 3.19. The van der Waals surface area contributed by atoms with Crippen LogP contribution in [0.3, 0.4) is 0 Å². The maximum atomic E-state index is 11.2. The summed E-state index contributed by atoms with van der Waals surface area (Å²) in [5, 5.41) is 9.15. The second-order valence-electron chi connectivity index (χ2n) is 3.84. The summed E-state index contributed by atoms with van der Waals surface area (Å²) in [6.07, 6.45) is 0. The highest BCUT2D eigenvalue weighted by atomic mass is 16.5. The Morgan fingerprint density at radius 2 is 1.83 bits per heavy atom. The fraction of sp³-hybridized carbons (Fsp3) is 0.0714. The molecule has 0 aliphatic carbocycles. The summed E-state index contributed by atoms with van der Waals surface area (Å²) in [4.78, 5) is 11.2. The molecule has 4 heteroatoms. The Labute approximate surface area is 105 Å². The number of methoxy groups -OCH3 is 1. The average Bonchev–Trinajstić information content (AvgIpc) is 2.38. The molecule has 0 amide bonds. The molecular formula is C14H13NO3. The Balaban J connectivity index is 2.54. The van der Waals surface area contributed by atoms with Gasteiger partial charge in [-0.15, -0.1) is 0 Å². The minimum absolute atomic E-state index is 0.231. The van der Waals surface area contributed by atoms with Crippen molar-refractivity contribution < 1.29 is 14.6 Å². The maximum Gasteiger partial charge on any atom is 0.336 e. The summed E-state index contributed by atoms with van der Waals surface area (Å²) in [6.45, 7) is 0. The van der Waals surface area contributed by atoms with Gasteiger partial charge >= 0.3 is 5.97 Å². The van der Waals surface area contributed by atoms with Crippen LogP contribution in [-0.2, 0) is 0 Å². The molecule has 0 saturated heterocycles. The standard InChI is InChI=1S/C14H13NO3/c1-18-11-5-2-9(3-6-11)13-8-10(15)4-7-12(13)14(16)17/h2-8H,15H2,1H3,(H,16,17). The Morgan fingerprint density at radius 3 is 2.39 bits per heavy atom. The van der Waals surface area contributed by atoms with E-state index in [1.807, 2.05) is 0 Å². The third kappa shape index (κ3) is 2.27. The van der Waals surface area contributed by atoms with Crippen LogP contribution in [0.15, 0.2) is 42.5 Å². The maximum absolute atomic E-state index is 11.2. The monoisotopic (exact) mass is 243 g/mol. The van der Waals surface area contributed by atoms with Crippen molar-refractivity contribution in [2.45, 2.75) is 0 Å². The van der Waals surface area contributed by atoms with E-state index < -0.39 is 5.97 Å². The molecule has 0 bridgehead atoms. The molecule has 18 heavy (non-hydrogen) atoms. The molecule has 0 saturated carbocycles. The highest BCUT2D eigenvalue weighted by Gasteiger charge is 2.11. The van der Waals surface area contributed by atoms with Gasteiger partial charge in [-0.05, 0) is 41.5 Å². The molecular weight excluding hydrogens is 230 g/mol. The number of carboxylic acids is 1. The number of aromatic carboxylic acids is 1. The first-order valence-electron chi connectivity index (χ1n) is 5.39. The molecule has 2 rings (SSSR count). The zero-order valence-corrected chi connectivity index (χ0v) is 9.88. The van der Waals surface area contributed by atoms with Gasteiger partial charge < -0.3 is 15.6 Å². The van der Waals surface area contributed by atoms with E-state index >= 15 is 0 Å². The first kappa shape index (κ1) is 12.0. The van der Waals surface area contributed by atoms with Crippen molar-refractivity contribution in [1.82, 2.24) is 0 Å². The van der Waals surface area contributed by atoms with E-state index in [9.17, 15) is 4.79 Å². The molecule has 92 valence electrons. The number of nitrogens with two attached hydrogens (primary N) is 1. The molecule has 0 aromatic heterocycles. The number of benzene rings is 2. The first-order valence-corrected chi connectivity index (χ1v) is 5.39. The quantitative estimate of drug-likeness (QED) is 0.813. The van der Waals surface area contributed by atoms with Gasteiger partial charge in [-0.2, -0.15) is 0 Å². The number of carboxylic acid groups (broad SMARTS) is 1. The van der Waals surface area contributed by atoms with Crippen molar-refractivity contribution in [3.05, 3.63) is 48.0 Å². The third-order valence-corrected chi connectivity index (χ3v) is 2.68. The predicted molar refractivity (Wildman–Crippen MR) is 69.8 cm³/mol. The molecule has 4 nitrogen and oxygen atoms in total. The molecule has 3 N–H and O–H groups in total. The summed E-state index contributed by atoms with van der Waals surface area (Å²) < 4.78 is 5.07. The average molecular weight is 243 g/mol. The van der Waals surface area contributed by atoms with Crippen LogP contribution >= 0.6 is 0 Å². The van der Waals surface area contributed by atoms with Gasteiger partial charge in [0.1, 0.15) is 5.75 Å². The largest absolute Gasteiger partial charge is 0.497 e. The number of carbonyl (C=O) groups is 1. The second-order valence-corrected chi connectivity index (χ2v) is 3.84. The normalized spacial score (nSPS) is 10.1. The van der Waals surface area contributed by atoms with Crippen LogP contribution in [0, 0.1) is 0 Å². The number of ether oxygens (including phenoxy) is 1. The topological polar surface area (TPSA) is 72.5 Å². The highest BCUT2D eigenvalue weighted by Crippen LogP contribution is 2.27. The van der Waals surface area contributed by atoms with Crippen LogP contribution in [0.4, 0.5) is 5.69 Å². The molecule has 0 heterocycles. The van der Waals surface area contributed by atoms with Crippen LogP contribution in [0.2, 0.25) is 0 Å². The van der Waals surface area contributed by atoms with E-state index in [0.29, 0.717) is 11.3 Å². The lowest BCUT2D eigenvalue weighted by atomic mass is 9.99. The predicted octanol–water partition coefficient (Wildman–Crippen LogP) is 2.64. The minimum atomic E-state index is -0.971. The van der Waals surface area contributed by atoms with Crippen LogP contribution in [0.1, 0.15) is 10.4 Å². The van der Waals surface area contributed by atoms with Crippen molar-refractivity contribution >= 4 is 11.7 Å². The van der Waals surface area contributed by atoms with Crippen LogP contribution in [0.5, 0.6) is 5.75 Å². The molecule has 0 unspecified atom stereocenters. The van der Waals surface area contributed by atoms with Gasteiger partial charge in [0.05, 0.1) is 12.7 Å². The summed E-state index contributed by atoms with van der Waals surface area (Å²) in [6, 6.07) is 11.9. The van der Waals surface area contributed by atoms with Crippen molar-refractivity contribution in [2.75, 3.05) is 12.8 Å². The van der Waals surface area contributed by atoms with E-state index in [-0.39, 0.29) is 5.56 Å². The molecule has 0 radical (unpaired) electrons. The highest BCUT2D eigenvalue weighted by molar-refractivity contribution is 5.96. The number of hydrogen-bond donors (Lipinski definition) is 2. The van der Waals surface area contributed by atoms with Gasteiger partial charge in [0.25, 0.3) is 0 Å². The number of anilines is 1. The van der Waals surface area contributed by atoms with E-state index in [0.717, 1.165) is 11.3 Å². The van der Waals surface area contributed by atoms with Crippen LogP contribution < -0.4 is 10.5 Å². The van der Waals surface area contributed by atoms with E-state index in [4.69, 9.17) is 15.6 Å². The number of nitrogen functional groups attached to an aromatic ring is 1. The zero-order valence-electron chi connectivity index (χ0n) is 9.88. The SMILES string of the molecule is COc1ccc(-c2cc(N)ccc2C(=O)O)cc1. The molecule has 0 spiro atoms. The fourth-order valence-electron chi connectivity index (χ4n) is 1.76. The van der Waals surface area contributed by atoms with Crippen molar-refractivity contribution in [3.8, 4) is 16.9 Å². The summed E-state index contributed by atoms with van der Waals surface area (Å²) in [5.41, 5.74) is 7.86. The van der Waals surface area contributed by atoms with E-state index in [1.54, 1.807) is 43.5 Å². The lowest BCUT2D eigenvalue weighted by Crippen LogP contribution is -2.00. The van der Waals surface area contributed by atoms with E-state index in [2.05, 4.69) is 0 Å². The minimum Gasteiger partial charge on any atom is -0.497 e. The van der Waals surface area contributed by atoms with Crippen molar-refractivity contribution in [1.29, 1.82) is 0 Å². The molecule has 0 aliphatic heterocycles. The van der Waals surface area contributed by atoms with Crippen LogP contribution in [0.25, 0.3) is 11.1 Å². The fourth-order valence-corrected chi connectivity index (χ4v) is 1.76. The van der Waals surface area contributed by atoms with Gasteiger partial charge in [0.15, 0.2) is 0 Å². The lowest BCUT2D eigenvalue weighted by molar-refractivity contribution is 0.0698. The zero-order chi connectivity index (χ0) is 13.1. The molecule has 0 aliphatic rings. The lowest BCUT2D eigenvalue weighted by Gasteiger charge is -2.08. The second kappa shape index (κ2) is 4.79. The van der Waals surface area contributed by atoms with Gasteiger partial charge in [0, 0.05) is 5.69 Å².